The van der Waals surface area contributed by atoms with Gasteiger partial charge in [-0.3, -0.25) is 4.79 Å². The van der Waals surface area contributed by atoms with E-state index in [2.05, 4.69) is 6.92 Å². The fourth-order valence-electron chi connectivity index (χ4n) is 3.35. The maximum atomic E-state index is 11.4. The first-order valence-corrected chi connectivity index (χ1v) is 13.1. The van der Waals surface area contributed by atoms with Gasteiger partial charge in [-0.2, -0.15) is 0 Å². The van der Waals surface area contributed by atoms with Crippen LogP contribution >= 0.6 is 0 Å². The van der Waals surface area contributed by atoms with Crippen molar-refractivity contribution in [3.63, 3.8) is 0 Å². The fourth-order valence-corrected chi connectivity index (χ4v) is 3.93. The van der Waals surface area contributed by atoms with Crippen molar-refractivity contribution in [2.75, 3.05) is 6.61 Å². The van der Waals surface area contributed by atoms with E-state index in [1.54, 1.807) is 0 Å². The molecule has 0 radical (unpaired) electrons. The Bertz CT molecular complexity index is 556. The van der Waals surface area contributed by atoms with Gasteiger partial charge in [-0.25, -0.2) is 8.42 Å². The maximum Gasteiger partial charge on any atom is 1.00 e. The van der Waals surface area contributed by atoms with Gasteiger partial charge < -0.3 is 19.2 Å². The minimum Gasteiger partial charge on any atom is -0.747 e. The van der Waals surface area contributed by atoms with Gasteiger partial charge in [-0.15, -0.1) is 0 Å². The number of carbonyl (C=O) groups excluding carboxylic acids is 2. The third-order valence-electron chi connectivity index (χ3n) is 5.22. The van der Waals surface area contributed by atoms with E-state index in [0.717, 1.165) is 19.3 Å². The first-order chi connectivity index (χ1) is 14.3. The SMILES string of the molecule is CCCCCCCCCCCCCCCCCCOC(=O)CC(C(=O)[O-])S(=O)(=O)[O-].[Na+].[Na+]. The molecule has 0 saturated carbocycles. The van der Waals surface area contributed by atoms with Gasteiger partial charge in [0.2, 0.25) is 0 Å². The second-order valence-corrected chi connectivity index (χ2v) is 9.58. The maximum absolute atomic E-state index is 11.4. The van der Waals surface area contributed by atoms with Gasteiger partial charge in [0.25, 0.3) is 0 Å². The number of carboxylic acids is 1. The minimum atomic E-state index is -5.13. The molecule has 0 aliphatic carbocycles. The van der Waals surface area contributed by atoms with Gasteiger partial charge >= 0.3 is 65.1 Å². The zero-order valence-electron chi connectivity index (χ0n) is 20.6. The van der Waals surface area contributed by atoms with Crippen molar-refractivity contribution in [1.29, 1.82) is 0 Å². The van der Waals surface area contributed by atoms with Crippen molar-refractivity contribution in [3.05, 3.63) is 0 Å². The van der Waals surface area contributed by atoms with Gasteiger partial charge in [0.15, 0.2) is 0 Å². The van der Waals surface area contributed by atoms with Gasteiger partial charge in [-0.1, -0.05) is 103 Å². The van der Waals surface area contributed by atoms with E-state index >= 15 is 0 Å². The van der Waals surface area contributed by atoms with Crippen LogP contribution in [-0.4, -0.2) is 36.8 Å². The summed E-state index contributed by atoms with van der Waals surface area (Å²) in [6.07, 6.45) is 18.6. The molecule has 0 aliphatic rings. The van der Waals surface area contributed by atoms with Gasteiger partial charge in [0.1, 0.15) is 10.1 Å². The molecule has 0 spiro atoms. The molecule has 1 atom stereocenters. The van der Waals surface area contributed by atoms with E-state index in [4.69, 9.17) is 4.74 Å². The summed E-state index contributed by atoms with van der Waals surface area (Å²) >= 11 is 0. The number of ether oxygens (including phenoxy) is 1. The molecule has 0 aromatic carbocycles. The van der Waals surface area contributed by atoms with E-state index in [1.165, 1.54) is 77.0 Å². The van der Waals surface area contributed by atoms with E-state index in [1.807, 2.05) is 0 Å². The molecular weight excluding hydrogens is 454 g/mol. The Morgan fingerprint density at radius 3 is 1.38 bits per heavy atom. The smallest absolute Gasteiger partial charge is 0.747 e. The second kappa shape index (κ2) is 25.0. The van der Waals surface area contributed by atoms with Crippen LogP contribution in [0.1, 0.15) is 116 Å². The first kappa shape index (κ1) is 37.4. The number of rotatable bonds is 21. The molecule has 0 aliphatic heterocycles. The Kier molecular flexibility index (Phi) is 29.2. The predicted molar refractivity (Wildman–Crippen MR) is 114 cm³/mol. The number of carboxylic acid groups (broad SMARTS) is 1. The number of unbranched alkanes of at least 4 members (excludes halogenated alkanes) is 15. The second-order valence-electron chi connectivity index (χ2n) is 8.03. The molecule has 178 valence electrons. The Morgan fingerprint density at radius 1 is 0.719 bits per heavy atom. The summed E-state index contributed by atoms with van der Waals surface area (Å²) in [6.45, 7) is 2.34. The molecule has 32 heavy (non-hydrogen) atoms. The fraction of sp³-hybridized carbons (Fsp3) is 0.909. The quantitative estimate of drug-likeness (QED) is 0.0772. The Balaban J connectivity index is -0.00000420. The summed E-state index contributed by atoms with van der Waals surface area (Å²) in [7, 11) is -5.13. The molecular formula is C22H40Na2O7S. The van der Waals surface area contributed by atoms with Crippen molar-refractivity contribution in [2.24, 2.45) is 0 Å². The molecule has 0 N–H and O–H groups in total. The van der Waals surface area contributed by atoms with Crippen molar-refractivity contribution in [1.82, 2.24) is 0 Å². The van der Waals surface area contributed by atoms with E-state index in [0.29, 0.717) is 6.42 Å². The summed E-state index contributed by atoms with van der Waals surface area (Å²) in [5.41, 5.74) is 0. The van der Waals surface area contributed by atoms with Crippen LogP contribution in [0.5, 0.6) is 0 Å². The topological polar surface area (TPSA) is 124 Å². The van der Waals surface area contributed by atoms with Crippen LogP contribution in [-0.2, 0) is 24.4 Å². The zero-order chi connectivity index (χ0) is 22.7. The van der Waals surface area contributed by atoms with E-state index in [-0.39, 0.29) is 65.7 Å². The molecule has 0 bridgehead atoms. The van der Waals surface area contributed by atoms with Crippen LogP contribution in [0.25, 0.3) is 0 Å². The average molecular weight is 495 g/mol. The number of aliphatic carboxylic acids is 1. The first-order valence-electron chi connectivity index (χ1n) is 11.6. The summed E-state index contributed by atoms with van der Waals surface area (Å²) in [4.78, 5) is 22.1. The monoisotopic (exact) mass is 494 g/mol. The number of carbonyl (C=O) groups is 2. The Labute approximate surface area is 239 Å². The van der Waals surface area contributed by atoms with Gasteiger partial charge in [0, 0.05) is 0 Å². The number of esters is 1. The van der Waals surface area contributed by atoms with Gasteiger partial charge in [-0.05, 0) is 6.42 Å². The van der Waals surface area contributed by atoms with Crippen LogP contribution in [0.3, 0.4) is 0 Å². The van der Waals surface area contributed by atoms with Crippen molar-refractivity contribution >= 4 is 22.1 Å². The average Bonchev–Trinajstić information content (AvgIpc) is 2.67. The normalized spacial score (nSPS) is 11.8. The van der Waals surface area contributed by atoms with Crippen LogP contribution in [0, 0.1) is 0 Å². The Hall–Kier alpha value is 0.850. The summed E-state index contributed by atoms with van der Waals surface area (Å²) in [5.74, 6) is -3.09. The number of hydrogen-bond donors (Lipinski definition) is 0. The van der Waals surface area contributed by atoms with Crippen molar-refractivity contribution in [2.45, 2.75) is 121 Å². The summed E-state index contributed by atoms with van der Waals surface area (Å²) < 4.78 is 37.1. The molecule has 0 rings (SSSR count). The van der Waals surface area contributed by atoms with Gasteiger partial charge in [0.05, 0.1) is 24.2 Å². The molecule has 0 aromatic rings. The largest absolute Gasteiger partial charge is 1.00 e. The van der Waals surface area contributed by atoms with Crippen LogP contribution in [0.15, 0.2) is 0 Å². The molecule has 0 fully saturated rings. The minimum absolute atomic E-state index is 0. The molecule has 10 heteroatoms. The zero-order valence-corrected chi connectivity index (χ0v) is 25.4. The van der Waals surface area contributed by atoms with E-state index in [9.17, 15) is 27.7 Å². The Morgan fingerprint density at radius 2 is 1.06 bits per heavy atom. The molecule has 0 saturated heterocycles. The van der Waals surface area contributed by atoms with Crippen molar-refractivity contribution in [3.8, 4) is 0 Å². The molecule has 7 nitrogen and oxygen atoms in total. The third-order valence-corrected chi connectivity index (χ3v) is 6.28. The van der Waals surface area contributed by atoms with Crippen LogP contribution in [0.4, 0.5) is 0 Å². The molecule has 0 heterocycles. The van der Waals surface area contributed by atoms with Crippen LogP contribution < -0.4 is 64.2 Å². The molecule has 1 unspecified atom stereocenters. The number of hydrogen-bond acceptors (Lipinski definition) is 7. The molecule has 0 aromatic heterocycles. The summed E-state index contributed by atoms with van der Waals surface area (Å²) in [5, 5.41) is 8.22. The predicted octanol–water partition coefficient (Wildman–Crippen LogP) is -2.15. The molecule has 0 amide bonds. The summed E-state index contributed by atoms with van der Waals surface area (Å²) in [6, 6.07) is 0. The van der Waals surface area contributed by atoms with Crippen LogP contribution in [0.2, 0.25) is 0 Å². The van der Waals surface area contributed by atoms with Crippen molar-refractivity contribution < 1.29 is 91.5 Å². The standard InChI is InChI=1S/C22H42O7S.2Na/c1-2-3-4-5-6-7-8-9-10-11-12-13-14-15-16-17-18-29-21(23)19-20(22(24)25)30(26,27)28;;/h20H,2-19H2,1H3,(H,24,25)(H,26,27,28);;/q;2*+1/p-2. The van der Waals surface area contributed by atoms with E-state index < -0.39 is 33.7 Å². The third kappa shape index (κ3) is 24.0.